The molecule has 12 aromatic rings. The van der Waals surface area contributed by atoms with E-state index in [0.717, 1.165) is 18.7 Å². The maximum atomic E-state index is 4.06. The third-order valence-corrected chi connectivity index (χ3v) is 20.6. The lowest BCUT2D eigenvalue weighted by atomic mass is 9.59. The second kappa shape index (κ2) is 15.9. The van der Waals surface area contributed by atoms with Gasteiger partial charge in [0.1, 0.15) is 0 Å². The van der Waals surface area contributed by atoms with Crippen molar-refractivity contribution in [3.63, 3.8) is 0 Å². The highest BCUT2D eigenvalue weighted by molar-refractivity contribution is 7.26. The van der Waals surface area contributed by atoms with Crippen LogP contribution in [0.1, 0.15) is 103 Å². The molecule has 15 rings (SSSR count). The van der Waals surface area contributed by atoms with Gasteiger partial charge in [-0.3, -0.25) is 0 Å². The first-order valence-corrected chi connectivity index (χ1v) is 29.0. The summed E-state index contributed by atoms with van der Waals surface area (Å²) >= 11 is 3.89. The topological polar surface area (TPSA) is 17.0 Å². The van der Waals surface area contributed by atoms with E-state index in [1.165, 1.54) is 153 Å². The Labute approximate surface area is 455 Å². The van der Waals surface area contributed by atoms with Gasteiger partial charge in [-0.2, -0.15) is 0 Å². The quantitative estimate of drug-likeness (QED) is 0.170. The monoisotopic (exact) mass is 1020 g/mol. The maximum absolute atomic E-state index is 4.06. The number of anilines is 2. The van der Waals surface area contributed by atoms with E-state index in [4.69, 9.17) is 0 Å². The summed E-state index contributed by atoms with van der Waals surface area (Å²) in [5.41, 5.74) is 25.3. The average Bonchev–Trinajstić information content (AvgIpc) is 4.30. The van der Waals surface area contributed by atoms with Gasteiger partial charge in [0.05, 0.1) is 5.52 Å². The minimum Gasteiger partial charge on any atom is -0.355 e. The van der Waals surface area contributed by atoms with Crippen LogP contribution in [0, 0.1) is 0 Å². The van der Waals surface area contributed by atoms with Crippen molar-refractivity contribution in [2.45, 2.75) is 96.8 Å². The van der Waals surface area contributed by atoms with E-state index in [0.29, 0.717) is 0 Å². The van der Waals surface area contributed by atoms with E-state index < -0.39 is 0 Å². The zero-order valence-electron chi connectivity index (χ0n) is 45.1. The van der Waals surface area contributed by atoms with E-state index in [1.54, 1.807) is 0 Å². The van der Waals surface area contributed by atoms with Crippen LogP contribution in [0.3, 0.4) is 0 Å². The van der Waals surface area contributed by atoms with E-state index in [1.807, 2.05) is 22.7 Å². The molecule has 0 unspecified atom stereocenters. The standard InChI is InChI=1S/C71H61BN2S2/c1-68(2,3)42-24-26-43(27-25-42)73-58-39-63-50(51-34-55-56(37-61(51)75-63)70(6,7)31-30-69(55,4)5)32-48(58)45-28-29-46-49-33-54-47(44-22-16-17-23-53(44)71(54,8)9)35-59(49)74-60-36-52-62(38-57(60)72-65(45)66(46)74)76-67(41-20-14-11-15-21-41)64(52)40-18-12-10-13-19-40/h10-29,32-39,72-73H,30-31H2,1-9H3. The molecule has 0 saturated carbocycles. The molecule has 0 atom stereocenters. The molecule has 1 N–H and O–H groups in total. The average molecular weight is 1020 g/mol. The molecule has 2 nitrogen and oxygen atoms in total. The van der Waals surface area contributed by atoms with Gasteiger partial charge in [-0.05, 0) is 151 Å². The molecule has 0 spiro atoms. The molecule has 0 radical (unpaired) electrons. The molecule has 0 bridgehead atoms. The summed E-state index contributed by atoms with van der Waals surface area (Å²) < 4.78 is 6.70. The van der Waals surface area contributed by atoms with E-state index in [2.05, 4.69) is 242 Å². The van der Waals surface area contributed by atoms with Crippen molar-refractivity contribution < 1.29 is 0 Å². The summed E-state index contributed by atoms with van der Waals surface area (Å²) in [4.78, 5) is 1.32. The Balaban J connectivity index is 1.03. The smallest absolute Gasteiger partial charge is 0.198 e. The van der Waals surface area contributed by atoms with Crippen LogP contribution in [0.15, 0.2) is 170 Å². The van der Waals surface area contributed by atoms with Crippen LogP contribution in [-0.2, 0) is 21.7 Å². The van der Waals surface area contributed by atoms with Gasteiger partial charge < -0.3 is 9.88 Å². The van der Waals surface area contributed by atoms with Gasteiger partial charge in [0, 0.05) is 85.0 Å². The van der Waals surface area contributed by atoms with Crippen LogP contribution >= 0.6 is 22.7 Å². The van der Waals surface area contributed by atoms with Crippen LogP contribution in [0.25, 0.3) is 102 Å². The van der Waals surface area contributed by atoms with Gasteiger partial charge >= 0.3 is 0 Å². The van der Waals surface area contributed by atoms with Gasteiger partial charge in [0.2, 0.25) is 0 Å². The fourth-order valence-corrected chi connectivity index (χ4v) is 16.3. The largest absolute Gasteiger partial charge is 0.355 e. The first-order chi connectivity index (χ1) is 36.5. The molecular weight excluding hydrogens is 956 g/mol. The summed E-state index contributed by atoms with van der Waals surface area (Å²) in [6.07, 6.45) is 2.40. The third kappa shape index (κ3) is 6.70. The zero-order chi connectivity index (χ0) is 51.8. The predicted molar refractivity (Wildman–Crippen MR) is 333 cm³/mol. The van der Waals surface area contributed by atoms with Crippen molar-refractivity contribution in [2.24, 2.45) is 0 Å². The molecule has 2 aliphatic carbocycles. The van der Waals surface area contributed by atoms with Crippen molar-refractivity contribution in [1.29, 1.82) is 0 Å². The maximum Gasteiger partial charge on any atom is 0.198 e. The fraction of sp³-hybridized carbons (Fsp3) is 0.211. The second-order valence-corrected chi connectivity index (χ2v) is 27.3. The van der Waals surface area contributed by atoms with Crippen LogP contribution in [-0.4, -0.2) is 11.8 Å². The Kier molecular flexibility index (Phi) is 9.68. The SMILES string of the molecule is CC(C)(C)c1ccc(Nc2cc3sc4cc5c(cc4c3cc2-c2ccc3c4cc6c(cc4n4c3c2Bc2cc3sc(-c7ccccc7)c(-c7ccccc7)c3cc2-4)-c2ccccc2C6(C)C)C(C)(C)CCC5(C)C)cc1. The molecule has 0 amide bonds. The lowest BCUT2D eigenvalue weighted by molar-refractivity contribution is 0.332. The summed E-state index contributed by atoms with van der Waals surface area (Å²) in [6.45, 7) is 21.5. The number of nitrogens with zero attached hydrogens (tertiary/aromatic N) is 1. The lowest BCUT2D eigenvalue weighted by Crippen LogP contribution is -2.37. The number of thiophene rings is 2. The molecule has 4 heterocycles. The molecule has 370 valence electrons. The highest BCUT2D eigenvalue weighted by Crippen LogP contribution is 2.54. The molecule has 1 aliphatic heterocycles. The normalized spacial score (nSPS) is 15.8. The first-order valence-electron chi connectivity index (χ1n) is 27.4. The number of nitrogens with one attached hydrogen (secondary N) is 1. The number of benzene rings is 9. The summed E-state index contributed by atoms with van der Waals surface area (Å²) in [5.74, 6) is 0. The summed E-state index contributed by atoms with van der Waals surface area (Å²) in [7, 11) is 0.820. The van der Waals surface area contributed by atoms with E-state index in [-0.39, 0.29) is 21.7 Å². The van der Waals surface area contributed by atoms with Crippen molar-refractivity contribution in [3.8, 4) is 49.5 Å². The first kappa shape index (κ1) is 46.2. The fourth-order valence-electron chi connectivity index (χ4n) is 13.9. The second-order valence-electron chi connectivity index (χ2n) is 25.2. The van der Waals surface area contributed by atoms with Gasteiger partial charge in [-0.25, -0.2) is 0 Å². The molecule has 3 aromatic heterocycles. The van der Waals surface area contributed by atoms with Gasteiger partial charge in [0.25, 0.3) is 0 Å². The molecule has 0 fully saturated rings. The third-order valence-electron chi connectivity index (χ3n) is 18.2. The lowest BCUT2D eigenvalue weighted by Gasteiger charge is -2.41. The van der Waals surface area contributed by atoms with Gasteiger partial charge in [0.15, 0.2) is 7.28 Å². The van der Waals surface area contributed by atoms with Crippen molar-refractivity contribution in [3.05, 3.63) is 198 Å². The van der Waals surface area contributed by atoms with Crippen molar-refractivity contribution >= 4 is 104 Å². The number of hydrogen-bond acceptors (Lipinski definition) is 3. The Morgan fingerprint density at radius 3 is 1.88 bits per heavy atom. The van der Waals surface area contributed by atoms with Crippen LogP contribution in [0.5, 0.6) is 0 Å². The molecule has 76 heavy (non-hydrogen) atoms. The van der Waals surface area contributed by atoms with Gasteiger partial charge in [-0.15, -0.1) is 22.7 Å². The van der Waals surface area contributed by atoms with Crippen LogP contribution in [0.2, 0.25) is 0 Å². The Morgan fingerprint density at radius 2 is 1.14 bits per heavy atom. The van der Waals surface area contributed by atoms with Crippen LogP contribution < -0.4 is 16.2 Å². The Hall–Kier alpha value is -7.18. The van der Waals surface area contributed by atoms with Crippen molar-refractivity contribution in [1.82, 2.24) is 4.57 Å². The highest BCUT2D eigenvalue weighted by atomic mass is 32.1. The molecule has 0 saturated heterocycles. The minimum atomic E-state index is -0.120. The molecule has 9 aromatic carbocycles. The van der Waals surface area contributed by atoms with Crippen molar-refractivity contribution in [2.75, 3.05) is 5.32 Å². The number of rotatable bonds is 5. The summed E-state index contributed by atoms with van der Waals surface area (Å²) in [6, 6.07) is 65.7. The zero-order valence-corrected chi connectivity index (χ0v) is 46.7. The Morgan fingerprint density at radius 1 is 0.500 bits per heavy atom. The van der Waals surface area contributed by atoms with Gasteiger partial charge in [-0.1, -0.05) is 177 Å². The van der Waals surface area contributed by atoms with E-state index in [9.17, 15) is 0 Å². The minimum absolute atomic E-state index is 0.0645. The highest BCUT2D eigenvalue weighted by Gasteiger charge is 2.39. The molecule has 3 aliphatic rings. The molecular formula is C71H61BN2S2. The van der Waals surface area contributed by atoms with E-state index >= 15 is 0 Å². The summed E-state index contributed by atoms with van der Waals surface area (Å²) in [5, 5.41) is 10.7. The number of hydrogen-bond donors (Lipinski definition) is 1. The Bertz CT molecular complexity index is 4440. The van der Waals surface area contributed by atoms with Crippen LogP contribution in [0.4, 0.5) is 11.4 Å². The number of aromatic nitrogens is 1. The molecule has 5 heteroatoms. The number of fused-ring (bicyclic) bond motifs is 13. The predicted octanol–water partition coefficient (Wildman–Crippen LogP) is 18.8.